The molecule has 122 valence electrons. The molecule has 0 saturated heterocycles. The molecule has 0 radical (unpaired) electrons. The SMILES string of the molecule is CN(C)CCCNC(=O)CC(c1ccccc1)c1ccccc1. The first-order valence-corrected chi connectivity index (χ1v) is 8.18. The van der Waals surface area contributed by atoms with Gasteiger partial charge in [0.15, 0.2) is 0 Å². The number of benzene rings is 2. The largest absolute Gasteiger partial charge is 0.356 e. The van der Waals surface area contributed by atoms with Crippen LogP contribution in [0.1, 0.15) is 29.9 Å². The molecule has 2 rings (SSSR count). The Morgan fingerprint density at radius 1 is 0.957 bits per heavy atom. The molecule has 3 heteroatoms. The molecule has 23 heavy (non-hydrogen) atoms. The fraction of sp³-hybridized carbons (Fsp3) is 0.350. The van der Waals surface area contributed by atoms with E-state index in [0.717, 1.165) is 19.5 Å². The number of nitrogens with zero attached hydrogens (tertiary/aromatic N) is 1. The standard InChI is InChI=1S/C20H26N2O/c1-22(2)15-9-14-21-20(23)16-19(17-10-5-3-6-11-17)18-12-7-4-8-13-18/h3-8,10-13,19H,9,14-16H2,1-2H3,(H,21,23). The average molecular weight is 310 g/mol. The van der Waals surface area contributed by atoms with Gasteiger partial charge in [0.1, 0.15) is 0 Å². The van der Waals surface area contributed by atoms with Crippen molar-refractivity contribution in [1.82, 2.24) is 10.2 Å². The predicted octanol–water partition coefficient (Wildman–Crippen LogP) is 3.28. The maximum absolute atomic E-state index is 12.3. The van der Waals surface area contributed by atoms with Crippen molar-refractivity contribution < 1.29 is 4.79 Å². The molecule has 0 saturated carbocycles. The van der Waals surface area contributed by atoms with Crippen LogP contribution in [-0.4, -0.2) is 38.0 Å². The highest BCUT2D eigenvalue weighted by Gasteiger charge is 2.17. The van der Waals surface area contributed by atoms with E-state index in [9.17, 15) is 4.79 Å². The molecule has 0 spiro atoms. The number of hydrogen-bond acceptors (Lipinski definition) is 2. The van der Waals surface area contributed by atoms with Crippen LogP contribution >= 0.6 is 0 Å². The van der Waals surface area contributed by atoms with Gasteiger partial charge in [-0.3, -0.25) is 4.79 Å². The van der Waals surface area contributed by atoms with Gasteiger partial charge in [-0.2, -0.15) is 0 Å². The van der Waals surface area contributed by atoms with Crippen LogP contribution < -0.4 is 5.32 Å². The molecule has 0 aliphatic heterocycles. The molecule has 2 aromatic rings. The van der Waals surface area contributed by atoms with Crippen LogP contribution in [0.2, 0.25) is 0 Å². The fourth-order valence-corrected chi connectivity index (χ4v) is 2.68. The zero-order valence-electron chi connectivity index (χ0n) is 14.0. The Bertz CT molecular complexity index is 542. The van der Waals surface area contributed by atoms with E-state index in [0.29, 0.717) is 6.42 Å². The van der Waals surface area contributed by atoms with E-state index in [-0.39, 0.29) is 11.8 Å². The molecule has 0 aliphatic rings. The second kappa shape index (κ2) is 9.11. The minimum Gasteiger partial charge on any atom is -0.356 e. The van der Waals surface area contributed by atoms with E-state index < -0.39 is 0 Å². The lowest BCUT2D eigenvalue weighted by Crippen LogP contribution is -2.28. The van der Waals surface area contributed by atoms with Crippen molar-refractivity contribution in [2.75, 3.05) is 27.2 Å². The summed E-state index contributed by atoms with van der Waals surface area (Å²) in [6.45, 7) is 1.72. The second-order valence-electron chi connectivity index (χ2n) is 6.08. The van der Waals surface area contributed by atoms with Gasteiger partial charge in [0, 0.05) is 18.9 Å². The third-order valence-electron chi connectivity index (χ3n) is 3.90. The second-order valence-corrected chi connectivity index (χ2v) is 6.08. The van der Waals surface area contributed by atoms with E-state index in [1.165, 1.54) is 11.1 Å². The summed E-state index contributed by atoms with van der Waals surface area (Å²) in [6.07, 6.45) is 1.45. The molecular weight excluding hydrogens is 284 g/mol. The molecule has 0 aliphatic carbocycles. The zero-order chi connectivity index (χ0) is 16.5. The summed E-state index contributed by atoms with van der Waals surface area (Å²) in [6, 6.07) is 20.5. The summed E-state index contributed by atoms with van der Waals surface area (Å²) >= 11 is 0. The first-order chi connectivity index (χ1) is 11.2. The van der Waals surface area contributed by atoms with Gasteiger partial charge in [0.05, 0.1) is 0 Å². The molecule has 0 heterocycles. The summed E-state index contributed by atoms with van der Waals surface area (Å²) in [7, 11) is 4.09. The quantitative estimate of drug-likeness (QED) is 0.759. The molecule has 2 aromatic carbocycles. The van der Waals surface area contributed by atoms with Crippen molar-refractivity contribution in [2.24, 2.45) is 0 Å². The molecule has 0 unspecified atom stereocenters. The van der Waals surface area contributed by atoms with Crippen molar-refractivity contribution in [3.05, 3.63) is 71.8 Å². The molecule has 1 N–H and O–H groups in total. The monoisotopic (exact) mass is 310 g/mol. The Balaban J connectivity index is 2.00. The van der Waals surface area contributed by atoms with E-state index in [1.54, 1.807) is 0 Å². The van der Waals surface area contributed by atoms with Crippen LogP contribution in [0.3, 0.4) is 0 Å². The normalized spacial score (nSPS) is 11.0. The van der Waals surface area contributed by atoms with Crippen molar-refractivity contribution in [3.63, 3.8) is 0 Å². The van der Waals surface area contributed by atoms with Crippen LogP contribution in [-0.2, 0) is 4.79 Å². The number of amides is 1. The Kier molecular flexibility index (Phi) is 6.82. The number of hydrogen-bond donors (Lipinski definition) is 1. The van der Waals surface area contributed by atoms with Crippen LogP contribution in [0.5, 0.6) is 0 Å². The third-order valence-corrected chi connectivity index (χ3v) is 3.90. The average Bonchev–Trinajstić information content (AvgIpc) is 2.58. The zero-order valence-corrected chi connectivity index (χ0v) is 14.0. The minimum absolute atomic E-state index is 0.103. The van der Waals surface area contributed by atoms with E-state index in [1.807, 2.05) is 50.5 Å². The number of carbonyl (C=O) groups excluding carboxylic acids is 1. The van der Waals surface area contributed by atoms with Gasteiger partial charge in [-0.05, 0) is 38.2 Å². The minimum atomic E-state index is 0.103. The van der Waals surface area contributed by atoms with Gasteiger partial charge in [-0.25, -0.2) is 0 Å². The Morgan fingerprint density at radius 2 is 1.48 bits per heavy atom. The number of carbonyl (C=O) groups is 1. The fourth-order valence-electron chi connectivity index (χ4n) is 2.68. The number of nitrogens with one attached hydrogen (secondary N) is 1. The first kappa shape index (κ1) is 17.2. The van der Waals surface area contributed by atoms with E-state index in [2.05, 4.69) is 34.5 Å². The van der Waals surface area contributed by atoms with Crippen LogP contribution in [0.25, 0.3) is 0 Å². The van der Waals surface area contributed by atoms with Gasteiger partial charge in [0.25, 0.3) is 0 Å². The molecule has 0 aromatic heterocycles. The predicted molar refractivity (Wildman–Crippen MR) is 95.5 cm³/mol. The smallest absolute Gasteiger partial charge is 0.220 e. The molecule has 3 nitrogen and oxygen atoms in total. The molecular formula is C20H26N2O. The third kappa shape index (κ3) is 5.87. The van der Waals surface area contributed by atoms with E-state index in [4.69, 9.17) is 0 Å². The van der Waals surface area contributed by atoms with Gasteiger partial charge >= 0.3 is 0 Å². The van der Waals surface area contributed by atoms with Gasteiger partial charge in [-0.15, -0.1) is 0 Å². The Morgan fingerprint density at radius 3 is 1.96 bits per heavy atom. The maximum Gasteiger partial charge on any atom is 0.220 e. The lowest BCUT2D eigenvalue weighted by Gasteiger charge is -2.18. The highest BCUT2D eigenvalue weighted by atomic mass is 16.1. The summed E-state index contributed by atoms with van der Waals surface area (Å²) in [5.41, 5.74) is 2.37. The van der Waals surface area contributed by atoms with Crippen LogP contribution in [0, 0.1) is 0 Å². The van der Waals surface area contributed by atoms with Gasteiger partial charge in [-0.1, -0.05) is 60.7 Å². The molecule has 0 fully saturated rings. The first-order valence-electron chi connectivity index (χ1n) is 8.18. The summed E-state index contributed by atoms with van der Waals surface area (Å²) in [5.74, 6) is 0.215. The lowest BCUT2D eigenvalue weighted by atomic mass is 9.88. The summed E-state index contributed by atoms with van der Waals surface area (Å²) < 4.78 is 0. The van der Waals surface area contributed by atoms with Crippen molar-refractivity contribution >= 4 is 5.91 Å². The molecule has 0 bridgehead atoms. The highest BCUT2D eigenvalue weighted by Crippen LogP contribution is 2.27. The van der Waals surface area contributed by atoms with Crippen molar-refractivity contribution in [3.8, 4) is 0 Å². The van der Waals surface area contributed by atoms with Gasteiger partial charge < -0.3 is 10.2 Å². The molecule has 0 atom stereocenters. The summed E-state index contributed by atoms with van der Waals surface area (Å²) in [5, 5.41) is 3.04. The maximum atomic E-state index is 12.3. The molecule has 1 amide bonds. The van der Waals surface area contributed by atoms with Crippen molar-refractivity contribution in [1.29, 1.82) is 0 Å². The van der Waals surface area contributed by atoms with Crippen LogP contribution in [0.4, 0.5) is 0 Å². The van der Waals surface area contributed by atoms with E-state index >= 15 is 0 Å². The topological polar surface area (TPSA) is 32.3 Å². The highest BCUT2D eigenvalue weighted by molar-refractivity contribution is 5.77. The van der Waals surface area contributed by atoms with Crippen LogP contribution in [0.15, 0.2) is 60.7 Å². The summed E-state index contributed by atoms with van der Waals surface area (Å²) in [4.78, 5) is 14.4. The number of rotatable bonds is 8. The lowest BCUT2D eigenvalue weighted by molar-refractivity contribution is -0.121. The Hall–Kier alpha value is -2.13. The Labute approximate surface area is 139 Å². The van der Waals surface area contributed by atoms with Gasteiger partial charge in [0.2, 0.25) is 5.91 Å². The van der Waals surface area contributed by atoms with Crippen molar-refractivity contribution in [2.45, 2.75) is 18.8 Å².